The molecule has 3 rings (SSSR count). The van der Waals surface area contributed by atoms with Crippen molar-refractivity contribution in [2.75, 3.05) is 6.54 Å². The van der Waals surface area contributed by atoms with Crippen molar-refractivity contribution in [1.82, 2.24) is 20.4 Å². The van der Waals surface area contributed by atoms with E-state index in [9.17, 15) is 9.59 Å². The van der Waals surface area contributed by atoms with E-state index in [2.05, 4.69) is 34.5 Å². The lowest BCUT2D eigenvalue weighted by atomic mass is 10.0. The van der Waals surface area contributed by atoms with Crippen LogP contribution in [0.4, 0.5) is 4.79 Å². The lowest BCUT2D eigenvalue weighted by Crippen LogP contribution is -2.59. The van der Waals surface area contributed by atoms with Crippen molar-refractivity contribution in [3.8, 4) is 11.4 Å². The van der Waals surface area contributed by atoms with E-state index in [0.717, 1.165) is 12.0 Å². The molecule has 36 heavy (non-hydrogen) atoms. The van der Waals surface area contributed by atoms with Gasteiger partial charge in [0.05, 0.1) is 6.54 Å². The SMILES string of the molecule is CCCCCCCCCCc1ccc(-c2noc(CNC(=O)[C@@H]3CCN3C(=O)OC(C)(C)C)n2)cc1. The first-order chi connectivity index (χ1) is 17.3. The summed E-state index contributed by atoms with van der Waals surface area (Å²) < 4.78 is 10.7. The lowest BCUT2D eigenvalue weighted by Gasteiger charge is -2.40. The van der Waals surface area contributed by atoms with Gasteiger partial charge in [-0.2, -0.15) is 4.98 Å². The lowest BCUT2D eigenvalue weighted by molar-refractivity contribution is -0.130. The molecule has 1 atom stereocenters. The van der Waals surface area contributed by atoms with Gasteiger partial charge in [-0.15, -0.1) is 0 Å². The minimum Gasteiger partial charge on any atom is -0.444 e. The second kappa shape index (κ2) is 13.4. The van der Waals surface area contributed by atoms with Gasteiger partial charge in [-0.1, -0.05) is 81.3 Å². The van der Waals surface area contributed by atoms with Gasteiger partial charge < -0.3 is 14.6 Å². The maximum atomic E-state index is 12.5. The third kappa shape index (κ3) is 8.64. The molecule has 0 unspecified atom stereocenters. The van der Waals surface area contributed by atoms with E-state index < -0.39 is 17.7 Å². The molecule has 1 aromatic carbocycles. The molecule has 2 heterocycles. The first-order valence-electron chi connectivity index (χ1n) is 13.5. The number of nitrogens with one attached hydrogen (secondary N) is 1. The van der Waals surface area contributed by atoms with Crippen LogP contribution in [0.3, 0.4) is 0 Å². The van der Waals surface area contributed by atoms with E-state index in [-0.39, 0.29) is 12.5 Å². The summed E-state index contributed by atoms with van der Waals surface area (Å²) in [6.07, 6.45) is 11.8. The number of benzene rings is 1. The minimum absolute atomic E-state index is 0.112. The first-order valence-corrected chi connectivity index (χ1v) is 13.5. The molecule has 1 fully saturated rings. The molecule has 1 aromatic heterocycles. The van der Waals surface area contributed by atoms with Crippen LogP contribution >= 0.6 is 0 Å². The zero-order valence-corrected chi connectivity index (χ0v) is 22.3. The Morgan fingerprint density at radius 3 is 2.33 bits per heavy atom. The van der Waals surface area contributed by atoms with Crippen LogP contribution in [-0.4, -0.2) is 45.2 Å². The Bertz CT molecular complexity index is 965. The van der Waals surface area contributed by atoms with E-state index in [4.69, 9.17) is 9.26 Å². The van der Waals surface area contributed by atoms with Gasteiger partial charge in [0.1, 0.15) is 11.6 Å². The number of hydrogen-bond donors (Lipinski definition) is 1. The number of carbonyl (C=O) groups is 2. The smallest absolute Gasteiger partial charge is 0.410 e. The summed E-state index contributed by atoms with van der Waals surface area (Å²) in [5, 5.41) is 6.84. The van der Waals surface area contributed by atoms with Crippen molar-refractivity contribution in [3.63, 3.8) is 0 Å². The average Bonchev–Trinajstić information content (AvgIpc) is 3.27. The number of nitrogens with zero attached hydrogens (tertiary/aromatic N) is 3. The van der Waals surface area contributed by atoms with Crippen LogP contribution in [0.2, 0.25) is 0 Å². The van der Waals surface area contributed by atoms with Crippen molar-refractivity contribution in [1.29, 1.82) is 0 Å². The van der Waals surface area contributed by atoms with Crippen molar-refractivity contribution < 1.29 is 18.8 Å². The van der Waals surface area contributed by atoms with Gasteiger partial charge in [0.2, 0.25) is 17.6 Å². The number of hydrogen-bond acceptors (Lipinski definition) is 6. The number of aromatic nitrogens is 2. The van der Waals surface area contributed by atoms with Gasteiger partial charge in [0.15, 0.2) is 0 Å². The fourth-order valence-corrected chi connectivity index (χ4v) is 4.21. The number of unbranched alkanes of at least 4 members (excludes halogenated alkanes) is 7. The molecule has 0 aliphatic carbocycles. The highest BCUT2D eigenvalue weighted by Crippen LogP contribution is 2.22. The molecule has 2 aromatic rings. The van der Waals surface area contributed by atoms with E-state index in [1.807, 2.05) is 12.1 Å². The molecular weight excluding hydrogens is 456 g/mol. The van der Waals surface area contributed by atoms with Crippen LogP contribution in [0, 0.1) is 0 Å². The second-order valence-corrected chi connectivity index (χ2v) is 10.6. The van der Waals surface area contributed by atoms with Gasteiger partial charge >= 0.3 is 6.09 Å². The summed E-state index contributed by atoms with van der Waals surface area (Å²) in [5.74, 6) is 0.568. The minimum atomic E-state index is -0.598. The zero-order chi connectivity index (χ0) is 26.0. The highest BCUT2D eigenvalue weighted by Gasteiger charge is 2.39. The highest BCUT2D eigenvalue weighted by molar-refractivity contribution is 5.87. The standard InChI is InChI=1S/C28H42N4O4/c1-5-6-7-8-9-10-11-12-13-21-14-16-22(17-15-21)25-30-24(36-31-25)20-29-26(33)23-18-19-32(23)27(34)35-28(2,3)4/h14-17,23H,5-13,18-20H2,1-4H3,(H,29,33)/t23-/m0/s1. The van der Waals surface area contributed by atoms with Gasteiger partial charge in [-0.3, -0.25) is 9.69 Å². The van der Waals surface area contributed by atoms with Gasteiger partial charge in [0.25, 0.3) is 0 Å². The summed E-state index contributed by atoms with van der Waals surface area (Å²) in [7, 11) is 0. The van der Waals surface area contributed by atoms with Crippen LogP contribution in [0.5, 0.6) is 0 Å². The number of rotatable bonds is 13. The molecule has 8 nitrogen and oxygen atoms in total. The number of likely N-dealkylation sites (tertiary alicyclic amines) is 1. The Hall–Kier alpha value is -2.90. The molecule has 0 saturated carbocycles. The largest absolute Gasteiger partial charge is 0.444 e. The van der Waals surface area contributed by atoms with Crippen LogP contribution in [0.25, 0.3) is 11.4 Å². The van der Waals surface area contributed by atoms with Crippen LogP contribution < -0.4 is 5.32 Å². The highest BCUT2D eigenvalue weighted by atomic mass is 16.6. The molecule has 8 heteroatoms. The fourth-order valence-electron chi connectivity index (χ4n) is 4.21. The van der Waals surface area contributed by atoms with Crippen LogP contribution in [0.1, 0.15) is 96.9 Å². The van der Waals surface area contributed by atoms with Gasteiger partial charge in [-0.25, -0.2) is 4.79 Å². The predicted molar refractivity (Wildman–Crippen MR) is 139 cm³/mol. The van der Waals surface area contributed by atoms with Crippen LogP contribution in [-0.2, 0) is 22.5 Å². The van der Waals surface area contributed by atoms with Crippen molar-refractivity contribution in [2.24, 2.45) is 0 Å². The summed E-state index contributed by atoms with van der Waals surface area (Å²) in [4.78, 5) is 30.6. The van der Waals surface area contributed by atoms with E-state index in [1.54, 1.807) is 20.8 Å². The molecule has 0 radical (unpaired) electrons. The zero-order valence-electron chi connectivity index (χ0n) is 22.3. The van der Waals surface area contributed by atoms with Crippen LogP contribution in [0.15, 0.2) is 28.8 Å². The van der Waals surface area contributed by atoms with E-state index >= 15 is 0 Å². The topological polar surface area (TPSA) is 97.6 Å². The number of carbonyl (C=O) groups excluding carboxylic acids is 2. The van der Waals surface area contributed by atoms with Gasteiger partial charge in [0, 0.05) is 12.1 Å². The average molecular weight is 499 g/mol. The molecule has 0 bridgehead atoms. The maximum absolute atomic E-state index is 12.5. The second-order valence-electron chi connectivity index (χ2n) is 10.6. The molecule has 1 aliphatic rings. The fraction of sp³-hybridized carbons (Fsp3) is 0.643. The third-order valence-electron chi connectivity index (χ3n) is 6.36. The number of amides is 2. The molecule has 0 spiro atoms. The summed E-state index contributed by atoms with van der Waals surface area (Å²) >= 11 is 0. The summed E-state index contributed by atoms with van der Waals surface area (Å²) in [6, 6.07) is 7.74. The summed E-state index contributed by atoms with van der Waals surface area (Å²) in [5.41, 5.74) is 1.60. The van der Waals surface area contributed by atoms with Crippen molar-refractivity contribution in [2.45, 2.75) is 110 Å². The Kier molecular flexibility index (Phi) is 10.3. The Morgan fingerprint density at radius 2 is 1.72 bits per heavy atom. The Balaban J connectivity index is 1.39. The number of ether oxygens (including phenoxy) is 1. The molecule has 198 valence electrons. The van der Waals surface area contributed by atoms with E-state index in [0.29, 0.717) is 24.7 Å². The molecule has 1 N–H and O–H groups in total. The maximum Gasteiger partial charge on any atom is 0.410 e. The van der Waals surface area contributed by atoms with Crippen molar-refractivity contribution in [3.05, 3.63) is 35.7 Å². The third-order valence-corrected chi connectivity index (χ3v) is 6.36. The molecule has 1 saturated heterocycles. The van der Waals surface area contributed by atoms with E-state index in [1.165, 1.54) is 61.8 Å². The molecule has 2 amide bonds. The Labute approximate surface area is 215 Å². The molecular formula is C28H42N4O4. The summed E-state index contributed by atoms with van der Waals surface area (Å²) in [6.45, 7) is 8.28. The quantitative estimate of drug-likeness (QED) is 0.338. The normalized spacial score (nSPS) is 15.4. The van der Waals surface area contributed by atoms with Gasteiger partial charge in [-0.05, 0) is 45.6 Å². The predicted octanol–water partition coefficient (Wildman–Crippen LogP) is 6.05. The molecule has 1 aliphatic heterocycles. The van der Waals surface area contributed by atoms with Crippen molar-refractivity contribution >= 4 is 12.0 Å². The Morgan fingerprint density at radius 1 is 1.06 bits per heavy atom. The first kappa shape index (κ1) is 27.7. The monoisotopic (exact) mass is 498 g/mol. The number of aryl methyl sites for hydroxylation is 1.